The molecule has 1 aliphatic rings. The van der Waals surface area contributed by atoms with Crippen molar-refractivity contribution in [2.75, 3.05) is 13.2 Å². The van der Waals surface area contributed by atoms with Crippen LogP contribution in [-0.4, -0.2) is 30.5 Å². The predicted octanol–water partition coefficient (Wildman–Crippen LogP) is 3.70. The van der Waals surface area contributed by atoms with E-state index in [0.717, 1.165) is 31.4 Å². The Morgan fingerprint density at radius 3 is 2.95 bits per heavy atom. The van der Waals surface area contributed by atoms with E-state index in [-0.39, 0.29) is 30.4 Å². The lowest BCUT2D eigenvalue weighted by molar-refractivity contribution is -0.386. The van der Waals surface area contributed by atoms with Crippen molar-refractivity contribution < 1.29 is 23.5 Å². The van der Waals surface area contributed by atoms with E-state index < -0.39 is 15.8 Å². The van der Waals surface area contributed by atoms with E-state index >= 15 is 0 Å². The second-order valence-corrected chi connectivity index (χ2v) is 5.40. The molecule has 0 aromatic heterocycles. The Bertz CT molecular complexity index is 536. The first kappa shape index (κ1) is 16.9. The summed E-state index contributed by atoms with van der Waals surface area (Å²) in [7, 11) is 0. The van der Waals surface area contributed by atoms with Gasteiger partial charge in [-0.1, -0.05) is 11.6 Å². The average Bonchev–Trinajstić information content (AvgIpc) is 2.49. The summed E-state index contributed by atoms with van der Waals surface area (Å²) in [5, 5.41) is 10.5. The molecule has 0 saturated carbocycles. The van der Waals surface area contributed by atoms with Crippen molar-refractivity contribution in [3.05, 3.63) is 33.1 Å². The normalized spacial score (nSPS) is 19.7. The number of hydrogen-bond acceptors (Lipinski definition) is 5. The number of nitrogens with zero attached hydrogens (tertiary/aromatic N) is 1. The fraction of sp³-hybridized carbons (Fsp3) is 0.571. The Morgan fingerprint density at radius 1 is 1.55 bits per heavy atom. The molecule has 1 unspecified atom stereocenters. The minimum absolute atomic E-state index is 0.00384. The summed E-state index contributed by atoms with van der Waals surface area (Å²) in [5.74, 6) is -1.06. The summed E-state index contributed by atoms with van der Waals surface area (Å²) >= 11 is 5.75. The first-order chi connectivity index (χ1) is 10.5. The number of hydrogen-bond donors (Lipinski definition) is 0. The first-order valence-corrected chi connectivity index (χ1v) is 7.39. The lowest BCUT2D eigenvalue weighted by Gasteiger charge is -2.26. The van der Waals surface area contributed by atoms with Gasteiger partial charge in [0.2, 0.25) is 5.75 Å². The smallest absolute Gasteiger partial charge is 0.312 e. The Kier molecular flexibility index (Phi) is 5.93. The molecule has 1 saturated heterocycles. The molecule has 1 aliphatic heterocycles. The number of halogens is 2. The van der Waals surface area contributed by atoms with Crippen molar-refractivity contribution in [3.8, 4) is 5.75 Å². The predicted molar refractivity (Wildman–Crippen MR) is 77.7 cm³/mol. The molecule has 1 aromatic rings. The van der Waals surface area contributed by atoms with Gasteiger partial charge in [0.25, 0.3) is 0 Å². The third-order valence-electron chi connectivity index (χ3n) is 3.21. The Balaban J connectivity index is 1.98. The number of nitro groups is 1. The monoisotopic (exact) mass is 333 g/mol. The number of ether oxygens (including phenoxy) is 3. The Morgan fingerprint density at radius 2 is 2.32 bits per heavy atom. The molecule has 2 atom stereocenters. The van der Waals surface area contributed by atoms with Crippen molar-refractivity contribution in [1.29, 1.82) is 0 Å². The van der Waals surface area contributed by atoms with Crippen LogP contribution in [0.1, 0.15) is 26.2 Å². The number of rotatable bonds is 6. The van der Waals surface area contributed by atoms with Crippen molar-refractivity contribution in [1.82, 2.24) is 0 Å². The van der Waals surface area contributed by atoms with Crippen LogP contribution in [0, 0.1) is 15.9 Å². The molecule has 1 fully saturated rings. The standard InChI is InChI=1S/C14H17ClFNO5/c1-9(22-12-4-2-3-7-20-12)8-21-14-11(17(18)19)6-5-10(16)13(14)15/h5-6,9,12H,2-4,7-8H2,1H3/t9-,12?/m1/s1. The van der Waals surface area contributed by atoms with Gasteiger partial charge in [-0.25, -0.2) is 4.39 Å². The highest BCUT2D eigenvalue weighted by Crippen LogP contribution is 2.36. The summed E-state index contributed by atoms with van der Waals surface area (Å²) in [6.07, 6.45) is 2.16. The molecular formula is C14H17ClFNO5. The van der Waals surface area contributed by atoms with E-state index in [4.69, 9.17) is 25.8 Å². The van der Waals surface area contributed by atoms with Crippen molar-refractivity contribution in [2.24, 2.45) is 0 Å². The van der Waals surface area contributed by atoms with Gasteiger partial charge in [0.15, 0.2) is 6.29 Å². The third-order valence-corrected chi connectivity index (χ3v) is 3.56. The Hall–Kier alpha value is -1.44. The molecule has 0 N–H and O–H groups in total. The van der Waals surface area contributed by atoms with Crippen LogP contribution in [0.2, 0.25) is 5.02 Å². The van der Waals surface area contributed by atoms with E-state index in [1.54, 1.807) is 6.92 Å². The molecule has 0 spiro atoms. The maximum atomic E-state index is 13.4. The summed E-state index contributed by atoms with van der Waals surface area (Å²) in [4.78, 5) is 10.3. The molecule has 0 aliphatic carbocycles. The minimum Gasteiger partial charge on any atom is -0.483 e. The lowest BCUT2D eigenvalue weighted by Crippen LogP contribution is -2.29. The first-order valence-electron chi connectivity index (χ1n) is 7.01. The molecule has 0 amide bonds. The maximum Gasteiger partial charge on any atom is 0.312 e. The largest absolute Gasteiger partial charge is 0.483 e. The quantitative estimate of drug-likeness (QED) is 0.586. The molecule has 0 bridgehead atoms. The zero-order valence-electron chi connectivity index (χ0n) is 12.1. The number of nitro benzene ring substituents is 1. The van der Waals surface area contributed by atoms with Gasteiger partial charge in [-0.15, -0.1) is 0 Å². The summed E-state index contributed by atoms with van der Waals surface area (Å²) < 4.78 is 29.8. The summed E-state index contributed by atoms with van der Waals surface area (Å²) in [5.41, 5.74) is -0.382. The van der Waals surface area contributed by atoms with Gasteiger partial charge >= 0.3 is 5.69 Å². The van der Waals surface area contributed by atoms with Crippen LogP contribution in [0.15, 0.2) is 12.1 Å². The Labute approximate surface area is 132 Å². The molecule has 1 heterocycles. The molecule has 22 heavy (non-hydrogen) atoms. The zero-order valence-corrected chi connectivity index (χ0v) is 12.8. The van der Waals surface area contributed by atoms with E-state index in [1.807, 2.05) is 0 Å². The van der Waals surface area contributed by atoms with Crippen LogP contribution in [0.3, 0.4) is 0 Å². The molecule has 2 rings (SSSR count). The van der Waals surface area contributed by atoms with Gasteiger partial charge in [-0.3, -0.25) is 10.1 Å². The highest BCUT2D eigenvalue weighted by molar-refractivity contribution is 6.32. The van der Waals surface area contributed by atoms with Gasteiger partial charge < -0.3 is 14.2 Å². The average molecular weight is 334 g/mol. The highest BCUT2D eigenvalue weighted by atomic mass is 35.5. The van der Waals surface area contributed by atoms with Gasteiger partial charge in [0.05, 0.1) is 11.0 Å². The van der Waals surface area contributed by atoms with Crippen LogP contribution in [-0.2, 0) is 9.47 Å². The fourth-order valence-corrected chi connectivity index (χ4v) is 2.33. The van der Waals surface area contributed by atoms with Crippen LogP contribution in [0.4, 0.5) is 10.1 Å². The van der Waals surface area contributed by atoms with Crippen molar-refractivity contribution in [2.45, 2.75) is 38.6 Å². The second-order valence-electron chi connectivity index (χ2n) is 5.02. The minimum atomic E-state index is -0.772. The molecule has 122 valence electrons. The van der Waals surface area contributed by atoms with Crippen LogP contribution in [0.25, 0.3) is 0 Å². The molecular weight excluding hydrogens is 317 g/mol. The second kappa shape index (κ2) is 7.71. The van der Waals surface area contributed by atoms with Crippen LogP contribution >= 0.6 is 11.6 Å². The van der Waals surface area contributed by atoms with Gasteiger partial charge in [-0.05, 0) is 32.3 Å². The van der Waals surface area contributed by atoms with Gasteiger partial charge in [0, 0.05) is 12.7 Å². The third kappa shape index (κ3) is 4.28. The highest BCUT2D eigenvalue weighted by Gasteiger charge is 2.23. The van der Waals surface area contributed by atoms with Crippen LogP contribution in [0.5, 0.6) is 5.75 Å². The maximum absolute atomic E-state index is 13.4. The molecule has 6 nitrogen and oxygen atoms in total. The van der Waals surface area contributed by atoms with Crippen molar-refractivity contribution >= 4 is 17.3 Å². The van der Waals surface area contributed by atoms with Crippen LogP contribution < -0.4 is 4.74 Å². The summed E-state index contributed by atoms with van der Waals surface area (Å²) in [6, 6.07) is 1.95. The lowest BCUT2D eigenvalue weighted by atomic mass is 10.2. The van der Waals surface area contributed by atoms with E-state index in [0.29, 0.717) is 6.61 Å². The van der Waals surface area contributed by atoms with E-state index in [1.165, 1.54) is 0 Å². The molecule has 1 aromatic carbocycles. The zero-order chi connectivity index (χ0) is 16.1. The molecule has 8 heteroatoms. The molecule has 0 radical (unpaired) electrons. The van der Waals surface area contributed by atoms with E-state index in [9.17, 15) is 14.5 Å². The van der Waals surface area contributed by atoms with E-state index in [2.05, 4.69) is 0 Å². The number of benzene rings is 1. The summed E-state index contributed by atoms with van der Waals surface area (Å²) in [6.45, 7) is 2.40. The van der Waals surface area contributed by atoms with Gasteiger partial charge in [-0.2, -0.15) is 0 Å². The van der Waals surface area contributed by atoms with Gasteiger partial charge in [0.1, 0.15) is 17.4 Å². The fourth-order valence-electron chi connectivity index (χ4n) is 2.12. The topological polar surface area (TPSA) is 70.8 Å². The van der Waals surface area contributed by atoms with Crippen molar-refractivity contribution in [3.63, 3.8) is 0 Å². The SMILES string of the molecule is C[C@H](COc1c([N+](=O)[O-])ccc(F)c1Cl)OC1CCCCO1.